The molecule has 31 heavy (non-hydrogen) atoms. The van der Waals surface area contributed by atoms with Gasteiger partial charge < -0.3 is 9.47 Å². The van der Waals surface area contributed by atoms with Crippen LogP contribution in [-0.2, 0) is 12.8 Å². The number of benzene rings is 2. The molecule has 0 saturated heterocycles. The van der Waals surface area contributed by atoms with Crippen molar-refractivity contribution in [3.8, 4) is 11.5 Å². The van der Waals surface area contributed by atoms with Gasteiger partial charge >= 0.3 is 6.18 Å². The zero-order chi connectivity index (χ0) is 22.4. The van der Waals surface area contributed by atoms with Crippen LogP contribution in [0.25, 0.3) is 0 Å². The smallest absolute Gasteiger partial charge is 0.417 e. The number of nitrogens with one attached hydrogen (secondary N) is 1. The van der Waals surface area contributed by atoms with Crippen molar-refractivity contribution in [1.82, 2.24) is 4.98 Å². The SMILES string of the molecule is COc1cc(/C=N\Nc2ccc(C(F)(F)F)cn2)cc(I)c1OCc1ccccc1Cl. The molecule has 162 valence electrons. The summed E-state index contributed by atoms with van der Waals surface area (Å²) in [7, 11) is 1.53. The fourth-order valence-electron chi connectivity index (χ4n) is 2.52. The standard InChI is InChI=1S/C21H16ClF3IN3O2/c1-30-18-9-13(10-28-29-19-7-6-15(11-27-19)21(23,24)25)8-17(26)20(18)31-12-14-4-2-3-5-16(14)22/h2-11H,12H2,1H3,(H,27,29)/b28-10-. The molecule has 3 aromatic rings. The lowest BCUT2D eigenvalue weighted by Gasteiger charge is -2.14. The quantitative estimate of drug-likeness (QED) is 0.206. The predicted octanol–water partition coefficient (Wildman–Crippen LogP) is 6.39. The van der Waals surface area contributed by atoms with Gasteiger partial charge in [0, 0.05) is 16.8 Å². The summed E-state index contributed by atoms with van der Waals surface area (Å²) in [5.41, 5.74) is 3.32. The molecule has 0 unspecified atom stereocenters. The molecule has 0 spiro atoms. The van der Waals surface area contributed by atoms with Gasteiger partial charge in [-0.1, -0.05) is 29.8 Å². The van der Waals surface area contributed by atoms with Crippen LogP contribution in [0.5, 0.6) is 11.5 Å². The highest BCUT2D eigenvalue weighted by Crippen LogP contribution is 2.34. The number of hydrogen-bond acceptors (Lipinski definition) is 5. The maximum absolute atomic E-state index is 12.6. The van der Waals surface area contributed by atoms with Crippen molar-refractivity contribution >= 4 is 46.2 Å². The average Bonchev–Trinajstić information content (AvgIpc) is 2.73. The third kappa shape index (κ3) is 6.23. The van der Waals surface area contributed by atoms with Gasteiger partial charge in [-0.05, 0) is 58.5 Å². The molecule has 1 heterocycles. The van der Waals surface area contributed by atoms with Crippen molar-refractivity contribution in [2.24, 2.45) is 5.10 Å². The number of nitrogens with zero attached hydrogens (tertiary/aromatic N) is 2. The number of aromatic nitrogens is 1. The van der Waals surface area contributed by atoms with Crippen LogP contribution in [0, 0.1) is 3.57 Å². The van der Waals surface area contributed by atoms with Gasteiger partial charge in [0.25, 0.3) is 0 Å². The Hall–Kier alpha value is -2.53. The van der Waals surface area contributed by atoms with E-state index in [0.717, 1.165) is 21.4 Å². The third-order valence-electron chi connectivity index (χ3n) is 4.07. The lowest BCUT2D eigenvalue weighted by atomic mass is 10.2. The van der Waals surface area contributed by atoms with Crippen molar-refractivity contribution < 1.29 is 22.6 Å². The molecule has 1 N–H and O–H groups in total. The number of hydrazone groups is 1. The number of pyridine rings is 1. The molecular weight excluding hydrogens is 546 g/mol. The van der Waals surface area contributed by atoms with Gasteiger partial charge in [0.05, 0.1) is 22.5 Å². The Morgan fingerprint density at radius 3 is 2.61 bits per heavy atom. The lowest BCUT2D eigenvalue weighted by molar-refractivity contribution is -0.137. The molecule has 0 radical (unpaired) electrons. The van der Waals surface area contributed by atoms with E-state index in [1.165, 1.54) is 19.4 Å². The van der Waals surface area contributed by atoms with Crippen molar-refractivity contribution in [3.63, 3.8) is 0 Å². The highest BCUT2D eigenvalue weighted by atomic mass is 127. The zero-order valence-electron chi connectivity index (χ0n) is 16.1. The van der Waals surface area contributed by atoms with Gasteiger partial charge in [0.1, 0.15) is 12.4 Å². The topological polar surface area (TPSA) is 55.7 Å². The van der Waals surface area contributed by atoms with Crippen LogP contribution in [0.3, 0.4) is 0 Å². The van der Waals surface area contributed by atoms with Gasteiger partial charge in [0.2, 0.25) is 0 Å². The number of rotatable bonds is 7. The van der Waals surface area contributed by atoms with Crippen LogP contribution in [-0.4, -0.2) is 18.3 Å². The van der Waals surface area contributed by atoms with Gasteiger partial charge in [-0.15, -0.1) is 0 Å². The molecule has 0 aliphatic rings. The summed E-state index contributed by atoms with van der Waals surface area (Å²) in [6.07, 6.45) is -2.19. The Balaban J connectivity index is 1.69. The lowest BCUT2D eigenvalue weighted by Crippen LogP contribution is -2.05. The molecule has 0 bridgehead atoms. The van der Waals surface area contributed by atoms with Crippen molar-refractivity contribution in [3.05, 3.63) is 80.0 Å². The number of hydrogen-bond donors (Lipinski definition) is 1. The normalized spacial score (nSPS) is 11.5. The molecule has 0 aliphatic carbocycles. The Morgan fingerprint density at radius 2 is 1.97 bits per heavy atom. The second-order valence-corrected chi connectivity index (χ2v) is 7.78. The van der Waals surface area contributed by atoms with Gasteiger partial charge in [-0.3, -0.25) is 5.43 Å². The van der Waals surface area contributed by atoms with E-state index in [0.29, 0.717) is 22.1 Å². The molecule has 3 rings (SSSR count). The van der Waals surface area contributed by atoms with E-state index in [1.54, 1.807) is 12.1 Å². The van der Waals surface area contributed by atoms with E-state index in [2.05, 4.69) is 38.1 Å². The van der Waals surface area contributed by atoms with Crippen LogP contribution in [0.2, 0.25) is 5.02 Å². The predicted molar refractivity (Wildman–Crippen MR) is 122 cm³/mol. The highest BCUT2D eigenvalue weighted by Gasteiger charge is 2.30. The number of methoxy groups -OCH3 is 1. The van der Waals surface area contributed by atoms with Gasteiger partial charge in [-0.2, -0.15) is 18.3 Å². The largest absolute Gasteiger partial charge is 0.493 e. The fraction of sp³-hybridized carbons (Fsp3) is 0.143. The second kappa shape index (κ2) is 10.2. The van der Waals surface area contributed by atoms with Crippen molar-refractivity contribution in [2.45, 2.75) is 12.8 Å². The van der Waals surface area contributed by atoms with E-state index >= 15 is 0 Å². The van der Waals surface area contributed by atoms with Crippen molar-refractivity contribution in [1.29, 1.82) is 0 Å². The molecule has 10 heteroatoms. The van der Waals surface area contributed by atoms with E-state index in [4.69, 9.17) is 21.1 Å². The Bertz CT molecular complexity index is 1080. The minimum absolute atomic E-state index is 0.186. The summed E-state index contributed by atoms with van der Waals surface area (Å²) in [6.45, 7) is 0.278. The Labute approximate surface area is 195 Å². The third-order valence-corrected chi connectivity index (χ3v) is 5.24. The molecule has 2 aromatic carbocycles. The van der Waals surface area contributed by atoms with E-state index in [1.807, 2.05) is 24.3 Å². The van der Waals surface area contributed by atoms with E-state index in [-0.39, 0.29) is 12.4 Å². The number of halogens is 5. The summed E-state index contributed by atoms with van der Waals surface area (Å²) < 4.78 is 49.9. The minimum Gasteiger partial charge on any atom is -0.493 e. The van der Waals surface area contributed by atoms with Crippen LogP contribution in [0.1, 0.15) is 16.7 Å². The monoisotopic (exact) mass is 561 g/mol. The number of anilines is 1. The number of alkyl halides is 3. The molecule has 0 amide bonds. The average molecular weight is 562 g/mol. The zero-order valence-corrected chi connectivity index (χ0v) is 19.0. The maximum Gasteiger partial charge on any atom is 0.417 e. The fourth-order valence-corrected chi connectivity index (χ4v) is 3.49. The summed E-state index contributed by atoms with van der Waals surface area (Å²) in [4.78, 5) is 3.70. The Kier molecular flexibility index (Phi) is 7.60. The van der Waals surface area contributed by atoms with Crippen molar-refractivity contribution in [2.75, 3.05) is 12.5 Å². The first-order valence-corrected chi connectivity index (χ1v) is 10.3. The minimum atomic E-state index is -4.43. The molecule has 0 saturated carbocycles. The molecule has 0 aliphatic heterocycles. The van der Waals surface area contributed by atoms with Crippen LogP contribution < -0.4 is 14.9 Å². The molecule has 1 aromatic heterocycles. The first-order chi connectivity index (χ1) is 14.8. The highest BCUT2D eigenvalue weighted by molar-refractivity contribution is 14.1. The Morgan fingerprint density at radius 1 is 1.19 bits per heavy atom. The summed E-state index contributed by atoms with van der Waals surface area (Å²) in [5, 5.41) is 4.63. The second-order valence-electron chi connectivity index (χ2n) is 6.21. The van der Waals surface area contributed by atoms with E-state index < -0.39 is 11.7 Å². The molecule has 0 fully saturated rings. The van der Waals surface area contributed by atoms with Crippen LogP contribution in [0.4, 0.5) is 19.0 Å². The summed E-state index contributed by atoms with van der Waals surface area (Å²) >= 11 is 8.29. The van der Waals surface area contributed by atoms with Crippen LogP contribution >= 0.6 is 34.2 Å². The summed E-state index contributed by atoms with van der Waals surface area (Å²) in [5.74, 6) is 1.26. The molecule has 5 nitrogen and oxygen atoms in total. The van der Waals surface area contributed by atoms with Crippen LogP contribution in [0.15, 0.2) is 59.8 Å². The molecule has 0 atom stereocenters. The number of ether oxygens (including phenoxy) is 2. The van der Waals surface area contributed by atoms with Gasteiger partial charge in [0.15, 0.2) is 11.5 Å². The molecular formula is C21H16ClF3IN3O2. The van der Waals surface area contributed by atoms with Gasteiger partial charge in [-0.25, -0.2) is 4.98 Å². The maximum atomic E-state index is 12.6. The first kappa shape index (κ1) is 23.1. The van der Waals surface area contributed by atoms with E-state index in [9.17, 15) is 13.2 Å². The summed E-state index contributed by atoms with van der Waals surface area (Å²) in [6, 6.07) is 13.1. The first-order valence-electron chi connectivity index (χ1n) is 8.84.